The molecular formula is C11H14N6O2. The Morgan fingerprint density at radius 2 is 2.21 bits per heavy atom. The molecule has 0 aromatic carbocycles. The lowest BCUT2D eigenvalue weighted by Crippen LogP contribution is -2.52. The summed E-state index contributed by atoms with van der Waals surface area (Å²) in [5.74, 6) is 1.01. The summed E-state index contributed by atoms with van der Waals surface area (Å²) in [6.45, 7) is 1.64. The summed E-state index contributed by atoms with van der Waals surface area (Å²) in [5, 5.41) is 10.1. The van der Waals surface area contributed by atoms with Crippen molar-refractivity contribution in [2.24, 2.45) is 0 Å². The van der Waals surface area contributed by atoms with E-state index in [-0.39, 0.29) is 6.10 Å². The fourth-order valence-electron chi connectivity index (χ4n) is 1.95. The number of nitrogens with zero attached hydrogens (tertiary/aromatic N) is 5. The molecule has 0 unspecified atom stereocenters. The fourth-order valence-corrected chi connectivity index (χ4v) is 1.95. The first-order chi connectivity index (χ1) is 9.31. The maximum absolute atomic E-state index is 5.32. The summed E-state index contributed by atoms with van der Waals surface area (Å²) in [7, 11) is 3.30. The van der Waals surface area contributed by atoms with E-state index in [0.29, 0.717) is 17.4 Å². The summed E-state index contributed by atoms with van der Waals surface area (Å²) < 4.78 is 10.6. The highest BCUT2D eigenvalue weighted by molar-refractivity contribution is 5.59. The second-order valence-electron chi connectivity index (χ2n) is 4.21. The smallest absolute Gasteiger partial charge is 0.241 e. The van der Waals surface area contributed by atoms with Crippen LogP contribution in [0.15, 0.2) is 12.4 Å². The van der Waals surface area contributed by atoms with E-state index in [1.165, 1.54) is 0 Å². The van der Waals surface area contributed by atoms with Gasteiger partial charge in [0.15, 0.2) is 5.82 Å². The zero-order chi connectivity index (χ0) is 13.2. The van der Waals surface area contributed by atoms with Crippen LogP contribution in [0.25, 0.3) is 11.5 Å². The highest BCUT2D eigenvalue weighted by Crippen LogP contribution is 2.30. The fraction of sp³-hybridized carbons (Fsp3) is 0.455. The number of hydrogen-bond donors (Lipinski definition) is 1. The molecule has 1 aliphatic rings. The van der Waals surface area contributed by atoms with E-state index in [1.807, 2.05) is 0 Å². The van der Waals surface area contributed by atoms with Crippen molar-refractivity contribution in [1.29, 1.82) is 0 Å². The van der Waals surface area contributed by atoms with Crippen molar-refractivity contribution in [3.63, 3.8) is 0 Å². The van der Waals surface area contributed by atoms with Gasteiger partial charge in [0.2, 0.25) is 5.88 Å². The SMILES string of the molecule is COc1nc(-c2c[nH]nn2)ncc1N1CC(OC)C1. The zero-order valence-electron chi connectivity index (χ0n) is 10.7. The van der Waals surface area contributed by atoms with Gasteiger partial charge in [-0.3, -0.25) is 5.10 Å². The molecule has 2 aromatic heterocycles. The van der Waals surface area contributed by atoms with E-state index in [4.69, 9.17) is 9.47 Å². The summed E-state index contributed by atoms with van der Waals surface area (Å²) in [4.78, 5) is 10.7. The molecule has 8 heteroatoms. The summed E-state index contributed by atoms with van der Waals surface area (Å²) >= 11 is 0. The molecule has 1 fully saturated rings. The third-order valence-corrected chi connectivity index (χ3v) is 3.10. The first-order valence-electron chi connectivity index (χ1n) is 5.87. The average Bonchev–Trinajstić information content (AvgIpc) is 2.91. The normalized spacial score (nSPS) is 15.4. The molecule has 100 valence electrons. The van der Waals surface area contributed by atoms with Crippen LogP contribution in [0.1, 0.15) is 0 Å². The molecule has 1 saturated heterocycles. The van der Waals surface area contributed by atoms with Crippen molar-refractivity contribution in [1.82, 2.24) is 25.4 Å². The molecule has 0 saturated carbocycles. The molecule has 2 aromatic rings. The Hall–Kier alpha value is -2.22. The van der Waals surface area contributed by atoms with E-state index in [1.54, 1.807) is 26.6 Å². The Balaban J connectivity index is 1.86. The number of aromatic amines is 1. The van der Waals surface area contributed by atoms with E-state index in [9.17, 15) is 0 Å². The molecule has 0 spiro atoms. The predicted molar refractivity (Wildman–Crippen MR) is 67.0 cm³/mol. The molecule has 0 amide bonds. The van der Waals surface area contributed by atoms with Crippen molar-refractivity contribution in [3.8, 4) is 17.4 Å². The number of methoxy groups -OCH3 is 2. The van der Waals surface area contributed by atoms with Gasteiger partial charge in [0.05, 0.1) is 25.6 Å². The minimum atomic E-state index is 0.264. The van der Waals surface area contributed by atoms with Crippen molar-refractivity contribution in [3.05, 3.63) is 12.4 Å². The van der Waals surface area contributed by atoms with Gasteiger partial charge in [-0.15, -0.1) is 5.10 Å². The Kier molecular flexibility index (Phi) is 3.00. The van der Waals surface area contributed by atoms with Gasteiger partial charge in [0.1, 0.15) is 11.4 Å². The largest absolute Gasteiger partial charge is 0.479 e. The molecule has 8 nitrogen and oxygen atoms in total. The predicted octanol–water partition coefficient (Wildman–Crippen LogP) is 0.105. The molecule has 3 heterocycles. The van der Waals surface area contributed by atoms with Gasteiger partial charge in [-0.1, -0.05) is 5.21 Å². The number of rotatable bonds is 4. The Labute approximate surface area is 109 Å². The van der Waals surface area contributed by atoms with Gasteiger partial charge in [-0.05, 0) is 0 Å². The van der Waals surface area contributed by atoms with Crippen LogP contribution in [-0.4, -0.2) is 58.8 Å². The van der Waals surface area contributed by atoms with Crippen LogP contribution in [0.5, 0.6) is 5.88 Å². The highest BCUT2D eigenvalue weighted by Gasteiger charge is 2.29. The number of nitrogens with one attached hydrogen (secondary N) is 1. The van der Waals surface area contributed by atoms with Gasteiger partial charge in [0, 0.05) is 20.2 Å². The maximum Gasteiger partial charge on any atom is 0.241 e. The molecule has 1 aliphatic heterocycles. The molecule has 1 N–H and O–H groups in total. The average molecular weight is 262 g/mol. The zero-order valence-corrected chi connectivity index (χ0v) is 10.7. The van der Waals surface area contributed by atoms with Gasteiger partial charge in [-0.2, -0.15) is 4.98 Å². The van der Waals surface area contributed by atoms with Crippen LogP contribution >= 0.6 is 0 Å². The maximum atomic E-state index is 5.32. The van der Waals surface area contributed by atoms with Crippen molar-refractivity contribution in [2.75, 3.05) is 32.2 Å². The van der Waals surface area contributed by atoms with Gasteiger partial charge in [-0.25, -0.2) is 4.98 Å². The van der Waals surface area contributed by atoms with Gasteiger partial charge < -0.3 is 14.4 Å². The minimum Gasteiger partial charge on any atom is -0.479 e. The minimum absolute atomic E-state index is 0.264. The van der Waals surface area contributed by atoms with Crippen LogP contribution in [-0.2, 0) is 4.74 Å². The van der Waals surface area contributed by atoms with Gasteiger partial charge in [0.25, 0.3) is 0 Å². The van der Waals surface area contributed by atoms with Crippen LogP contribution < -0.4 is 9.64 Å². The Morgan fingerprint density at radius 1 is 1.37 bits per heavy atom. The van der Waals surface area contributed by atoms with Crippen molar-refractivity contribution in [2.45, 2.75) is 6.10 Å². The van der Waals surface area contributed by atoms with E-state index in [2.05, 4.69) is 30.3 Å². The lowest BCUT2D eigenvalue weighted by molar-refractivity contribution is 0.0784. The number of hydrogen-bond acceptors (Lipinski definition) is 7. The molecule has 0 atom stereocenters. The standard InChI is InChI=1S/C11H14N6O2/c1-18-7-5-17(6-7)9-4-12-10(14-11(9)19-2)8-3-13-16-15-8/h3-4,7H,5-6H2,1-2H3,(H,13,15,16). The summed E-state index contributed by atoms with van der Waals surface area (Å²) in [6, 6.07) is 0. The Morgan fingerprint density at radius 3 is 2.84 bits per heavy atom. The molecular weight excluding hydrogens is 248 g/mol. The van der Waals surface area contributed by atoms with E-state index in [0.717, 1.165) is 18.8 Å². The lowest BCUT2D eigenvalue weighted by atomic mass is 10.1. The molecule has 0 radical (unpaired) electrons. The van der Waals surface area contributed by atoms with Crippen LogP contribution in [0.3, 0.4) is 0 Å². The topological polar surface area (TPSA) is 89.0 Å². The first-order valence-corrected chi connectivity index (χ1v) is 5.87. The molecule has 0 aliphatic carbocycles. The third kappa shape index (κ3) is 2.10. The van der Waals surface area contributed by atoms with E-state index < -0.39 is 0 Å². The Bertz CT molecular complexity index is 552. The highest BCUT2D eigenvalue weighted by atomic mass is 16.5. The molecule has 0 bridgehead atoms. The quantitative estimate of drug-likeness (QED) is 0.836. The number of ether oxygens (including phenoxy) is 2. The monoisotopic (exact) mass is 262 g/mol. The van der Waals surface area contributed by atoms with Gasteiger partial charge >= 0.3 is 0 Å². The van der Waals surface area contributed by atoms with Crippen LogP contribution in [0, 0.1) is 0 Å². The summed E-state index contributed by atoms with van der Waals surface area (Å²) in [5.41, 5.74) is 1.45. The van der Waals surface area contributed by atoms with Crippen LogP contribution in [0.4, 0.5) is 5.69 Å². The number of anilines is 1. The molecule has 19 heavy (non-hydrogen) atoms. The van der Waals surface area contributed by atoms with Crippen LogP contribution in [0.2, 0.25) is 0 Å². The van der Waals surface area contributed by atoms with Crippen molar-refractivity contribution < 1.29 is 9.47 Å². The third-order valence-electron chi connectivity index (χ3n) is 3.10. The second-order valence-corrected chi connectivity index (χ2v) is 4.21. The second kappa shape index (κ2) is 4.81. The summed E-state index contributed by atoms with van der Waals surface area (Å²) in [6.07, 6.45) is 3.64. The molecule has 3 rings (SSSR count). The number of aromatic nitrogens is 5. The van der Waals surface area contributed by atoms with Crippen molar-refractivity contribution >= 4 is 5.69 Å². The first kappa shape index (κ1) is 11.8. The number of H-pyrrole nitrogens is 1. The van der Waals surface area contributed by atoms with E-state index >= 15 is 0 Å². The lowest BCUT2D eigenvalue weighted by Gasteiger charge is -2.39.